The van der Waals surface area contributed by atoms with Gasteiger partial charge in [-0.25, -0.2) is 8.42 Å². The normalized spacial score (nSPS) is 25.1. The van der Waals surface area contributed by atoms with Crippen LogP contribution in [0.25, 0.3) is 11.5 Å². The van der Waals surface area contributed by atoms with Gasteiger partial charge in [-0.15, -0.1) is 0 Å². The lowest BCUT2D eigenvalue weighted by Crippen LogP contribution is -2.31. The molecule has 1 saturated heterocycles. The van der Waals surface area contributed by atoms with Crippen molar-refractivity contribution >= 4 is 31.5 Å². The highest BCUT2D eigenvalue weighted by Crippen LogP contribution is 2.34. The Morgan fingerprint density at radius 3 is 2.80 bits per heavy atom. The molecule has 2 N–H and O–H groups in total. The van der Waals surface area contributed by atoms with Crippen molar-refractivity contribution in [3.8, 4) is 11.5 Å². The Morgan fingerprint density at radius 2 is 2.25 bits per heavy atom. The van der Waals surface area contributed by atoms with E-state index >= 15 is 0 Å². The van der Waals surface area contributed by atoms with Gasteiger partial charge in [0.1, 0.15) is 0 Å². The van der Waals surface area contributed by atoms with Crippen LogP contribution < -0.4 is 5.73 Å². The van der Waals surface area contributed by atoms with Gasteiger partial charge in [0.15, 0.2) is 26.0 Å². The average Bonchev–Trinajstić information content (AvgIpc) is 2.99. The highest BCUT2D eigenvalue weighted by Gasteiger charge is 2.41. The maximum Gasteiger partial charge on any atom is 0.169 e. The van der Waals surface area contributed by atoms with Gasteiger partial charge >= 0.3 is 0 Å². The summed E-state index contributed by atoms with van der Waals surface area (Å²) >= 11 is 3.23. The third kappa shape index (κ3) is 2.26. The van der Waals surface area contributed by atoms with Crippen LogP contribution in [0, 0.1) is 0 Å². The molecule has 6 nitrogen and oxygen atoms in total. The van der Waals surface area contributed by atoms with Crippen LogP contribution in [0.1, 0.15) is 13.3 Å². The summed E-state index contributed by atoms with van der Waals surface area (Å²) in [6.45, 7) is 1.88. The SMILES string of the molecule is CC1(n2cc(N)c(-c3ccc(Br)o3)n2)CCS(=O)(=O)C1. The topological polar surface area (TPSA) is 91.1 Å². The number of nitrogen functional groups attached to an aromatic ring is 1. The second-order valence-corrected chi connectivity index (χ2v) is 8.29. The van der Waals surface area contributed by atoms with Gasteiger partial charge in [0, 0.05) is 6.20 Å². The van der Waals surface area contributed by atoms with Gasteiger partial charge in [-0.1, -0.05) is 0 Å². The Balaban J connectivity index is 2.01. The molecule has 1 aliphatic heterocycles. The first kappa shape index (κ1) is 13.7. The number of hydrogen-bond donors (Lipinski definition) is 1. The van der Waals surface area contributed by atoms with Crippen LogP contribution in [0.5, 0.6) is 0 Å². The van der Waals surface area contributed by atoms with Crippen LogP contribution in [0.3, 0.4) is 0 Å². The molecule has 20 heavy (non-hydrogen) atoms. The average molecular weight is 360 g/mol. The fraction of sp³-hybridized carbons (Fsp3) is 0.417. The molecular weight excluding hydrogens is 346 g/mol. The largest absolute Gasteiger partial charge is 0.448 e. The Labute approximate surface area is 125 Å². The quantitative estimate of drug-likeness (QED) is 0.885. The van der Waals surface area contributed by atoms with Crippen molar-refractivity contribution in [1.29, 1.82) is 0 Å². The molecule has 1 aliphatic rings. The molecule has 0 saturated carbocycles. The Morgan fingerprint density at radius 1 is 1.50 bits per heavy atom. The van der Waals surface area contributed by atoms with E-state index in [1.54, 1.807) is 23.0 Å². The number of nitrogens with zero attached hydrogens (tertiary/aromatic N) is 2. The third-order valence-corrected chi connectivity index (χ3v) is 5.90. The lowest BCUT2D eigenvalue weighted by atomic mass is 10.0. The van der Waals surface area contributed by atoms with Crippen LogP contribution in [0.4, 0.5) is 5.69 Å². The van der Waals surface area contributed by atoms with Gasteiger partial charge in [0.25, 0.3) is 0 Å². The van der Waals surface area contributed by atoms with Crippen molar-refractivity contribution in [1.82, 2.24) is 9.78 Å². The maximum absolute atomic E-state index is 11.7. The number of halogens is 1. The molecule has 1 atom stereocenters. The van der Waals surface area contributed by atoms with E-state index in [-0.39, 0.29) is 11.5 Å². The van der Waals surface area contributed by atoms with E-state index in [1.165, 1.54) is 0 Å². The minimum absolute atomic E-state index is 0.0857. The lowest BCUT2D eigenvalue weighted by molar-refractivity contribution is 0.329. The number of rotatable bonds is 2. The molecule has 1 fully saturated rings. The fourth-order valence-corrected chi connectivity index (χ4v) is 4.90. The van der Waals surface area contributed by atoms with Crippen LogP contribution in [0.15, 0.2) is 27.4 Å². The second kappa shape index (κ2) is 4.36. The summed E-state index contributed by atoms with van der Waals surface area (Å²) in [6, 6.07) is 3.52. The smallest absolute Gasteiger partial charge is 0.169 e. The van der Waals surface area contributed by atoms with Crippen molar-refractivity contribution in [3.63, 3.8) is 0 Å². The van der Waals surface area contributed by atoms with E-state index in [4.69, 9.17) is 10.2 Å². The molecule has 0 aromatic carbocycles. The van der Waals surface area contributed by atoms with Crippen molar-refractivity contribution in [2.75, 3.05) is 17.2 Å². The predicted octanol–water partition coefficient (Wildman–Crippen LogP) is 2.02. The molecule has 1 unspecified atom stereocenters. The molecule has 108 valence electrons. The molecule has 0 bridgehead atoms. The fourth-order valence-electron chi connectivity index (χ4n) is 2.47. The number of furan rings is 1. The van der Waals surface area contributed by atoms with Crippen molar-refractivity contribution in [2.45, 2.75) is 18.9 Å². The molecule has 0 aliphatic carbocycles. The molecule has 2 aromatic rings. The zero-order valence-electron chi connectivity index (χ0n) is 10.8. The number of nitrogens with two attached hydrogens (primary N) is 1. The second-order valence-electron chi connectivity index (χ2n) is 5.32. The van der Waals surface area contributed by atoms with Gasteiger partial charge in [0.2, 0.25) is 0 Å². The molecular formula is C12H14BrN3O3S. The van der Waals surface area contributed by atoms with Crippen molar-refractivity contribution in [3.05, 3.63) is 23.0 Å². The monoisotopic (exact) mass is 359 g/mol. The summed E-state index contributed by atoms with van der Waals surface area (Å²) in [6.07, 6.45) is 2.21. The number of aromatic nitrogens is 2. The molecule has 2 aromatic heterocycles. The summed E-state index contributed by atoms with van der Waals surface area (Å²) in [5.41, 5.74) is 6.42. The van der Waals surface area contributed by atoms with E-state index < -0.39 is 15.4 Å². The van der Waals surface area contributed by atoms with Crippen LogP contribution >= 0.6 is 15.9 Å². The Hall–Kier alpha value is -1.28. The van der Waals surface area contributed by atoms with E-state index in [0.29, 0.717) is 28.2 Å². The van der Waals surface area contributed by atoms with Crippen LogP contribution in [-0.4, -0.2) is 29.7 Å². The van der Waals surface area contributed by atoms with Gasteiger partial charge in [-0.05, 0) is 41.4 Å². The third-order valence-electron chi connectivity index (χ3n) is 3.58. The standard InChI is InChI=1S/C12H14BrN3O3S/c1-12(4-5-20(17,18)7-12)16-6-8(14)11(15-16)9-2-3-10(13)19-9/h2-3,6H,4-5,7,14H2,1H3. The molecule has 3 rings (SSSR count). The first-order valence-electron chi connectivity index (χ1n) is 6.11. The summed E-state index contributed by atoms with van der Waals surface area (Å²) < 4.78 is 31.1. The van der Waals surface area contributed by atoms with Gasteiger partial charge < -0.3 is 10.2 Å². The van der Waals surface area contributed by atoms with Crippen molar-refractivity contribution < 1.29 is 12.8 Å². The van der Waals surface area contributed by atoms with Gasteiger partial charge in [-0.3, -0.25) is 4.68 Å². The summed E-state index contributed by atoms with van der Waals surface area (Å²) in [4.78, 5) is 0. The number of sulfone groups is 1. The summed E-state index contributed by atoms with van der Waals surface area (Å²) in [5.74, 6) is 0.824. The predicted molar refractivity (Wildman–Crippen MR) is 79.0 cm³/mol. The van der Waals surface area contributed by atoms with Crippen LogP contribution in [-0.2, 0) is 15.4 Å². The minimum atomic E-state index is -3.00. The lowest BCUT2D eigenvalue weighted by Gasteiger charge is -2.22. The zero-order chi connectivity index (χ0) is 14.5. The zero-order valence-corrected chi connectivity index (χ0v) is 13.2. The van der Waals surface area contributed by atoms with Gasteiger partial charge in [0.05, 0.1) is 22.7 Å². The maximum atomic E-state index is 11.7. The molecule has 3 heterocycles. The van der Waals surface area contributed by atoms with Crippen molar-refractivity contribution in [2.24, 2.45) is 0 Å². The molecule has 0 radical (unpaired) electrons. The van der Waals surface area contributed by atoms with E-state index in [1.807, 2.05) is 6.92 Å². The summed E-state index contributed by atoms with van der Waals surface area (Å²) in [7, 11) is -3.00. The van der Waals surface area contributed by atoms with E-state index in [9.17, 15) is 8.42 Å². The molecule has 0 amide bonds. The number of hydrogen-bond acceptors (Lipinski definition) is 5. The van der Waals surface area contributed by atoms with Crippen LogP contribution in [0.2, 0.25) is 0 Å². The minimum Gasteiger partial charge on any atom is -0.448 e. The first-order valence-corrected chi connectivity index (χ1v) is 8.72. The molecule has 8 heteroatoms. The van der Waals surface area contributed by atoms with E-state index in [2.05, 4.69) is 21.0 Å². The Bertz CT molecular complexity index is 765. The highest BCUT2D eigenvalue weighted by molar-refractivity contribution is 9.10. The molecule has 0 spiro atoms. The van der Waals surface area contributed by atoms with Gasteiger partial charge in [-0.2, -0.15) is 5.10 Å². The first-order chi connectivity index (χ1) is 9.29. The summed E-state index contributed by atoms with van der Waals surface area (Å²) in [5, 5.41) is 4.43. The Kier molecular flexibility index (Phi) is 2.98. The van der Waals surface area contributed by atoms with E-state index in [0.717, 1.165) is 0 Å². The number of anilines is 1. The highest BCUT2D eigenvalue weighted by atomic mass is 79.9.